The summed E-state index contributed by atoms with van der Waals surface area (Å²) in [6.07, 6.45) is 3.82. The van der Waals surface area contributed by atoms with Gasteiger partial charge >= 0.3 is 5.97 Å². The van der Waals surface area contributed by atoms with Crippen LogP contribution in [0.1, 0.15) is 28.8 Å². The van der Waals surface area contributed by atoms with Gasteiger partial charge in [-0.25, -0.2) is 19.7 Å². The number of carbonyl (C=O) groups is 1. The van der Waals surface area contributed by atoms with Crippen LogP contribution in [0, 0.1) is 5.92 Å². The number of aromatic carboxylic acids is 1. The zero-order valence-electron chi connectivity index (χ0n) is 18.6. The standard InChI is InChI=1S/C25H26N6O3/c26-23-22(24-29-19-7-6-18(25(33)34)10-20(19)30-24)28-21(11-27-23)17-5-1-3-15(9-17)12-31-8-2-4-16(13-31)14-32/h1,3,5-7,9-11,16,32H,2,4,8,12-14H2,(H2,26,27)(H,29,30)(H,33,34). The molecule has 1 unspecified atom stereocenters. The SMILES string of the molecule is Nc1ncc(-c2cccc(CN3CCCC(CO)C3)c2)nc1-c1nc2ccc(C(=O)O)cc2[nH]1. The lowest BCUT2D eigenvalue weighted by Gasteiger charge is -2.31. The van der Waals surface area contributed by atoms with Crippen LogP contribution in [0.3, 0.4) is 0 Å². The Hall–Kier alpha value is -3.82. The minimum Gasteiger partial charge on any atom is -0.478 e. The number of piperidine rings is 1. The lowest BCUT2D eigenvalue weighted by atomic mass is 9.98. The maximum absolute atomic E-state index is 11.3. The Bertz CT molecular complexity index is 1350. The second kappa shape index (κ2) is 9.20. The molecule has 1 aliphatic rings. The van der Waals surface area contributed by atoms with E-state index in [1.54, 1.807) is 12.3 Å². The van der Waals surface area contributed by atoms with E-state index in [-0.39, 0.29) is 18.0 Å². The number of H-pyrrole nitrogens is 1. The monoisotopic (exact) mass is 458 g/mol. The number of nitrogens with two attached hydrogens (primary N) is 1. The summed E-state index contributed by atoms with van der Waals surface area (Å²) in [4.78, 5) is 30.4. The molecule has 0 aliphatic carbocycles. The summed E-state index contributed by atoms with van der Waals surface area (Å²) in [6, 6.07) is 12.9. The Morgan fingerprint density at radius 2 is 2.09 bits per heavy atom. The van der Waals surface area contributed by atoms with Crippen molar-refractivity contribution in [3.63, 3.8) is 0 Å². The Labute approximate surface area is 196 Å². The maximum atomic E-state index is 11.3. The Balaban J connectivity index is 1.43. The van der Waals surface area contributed by atoms with E-state index in [0.717, 1.165) is 38.0 Å². The quantitative estimate of drug-likeness (QED) is 0.345. The number of aromatic amines is 1. The number of nitrogen functional groups attached to an aromatic ring is 1. The van der Waals surface area contributed by atoms with E-state index >= 15 is 0 Å². The van der Waals surface area contributed by atoms with E-state index in [2.05, 4.69) is 32.0 Å². The number of aliphatic hydroxyl groups is 1. The molecule has 0 radical (unpaired) electrons. The molecule has 9 nitrogen and oxygen atoms in total. The van der Waals surface area contributed by atoms with Gasteiger partial charge in [0, 0.05) is 25.3 Å². The van der Waals surface area contributed by atoms with Gasteiger partial charge in [0.2, 0.25) is 0 Å². The molecule has 9 heteroatoms. The zero-order chi connectivity index (χ0) is 23.7. The van der Waals surface area contributed by atoms with Gasteiger partial charge in [-0.3, -0.25) is 4.90 Å². The largest absolute Gasteiger partial charge is 0.478 e. The van der Waals surface area contributed by atoms with Crippen LogP contribution in [0.25, 0.3) is 33.8 Å². The number of aliphatic hydroxyl groups excluding tert-OH is 1. The van der Waals surface area contributed by atoms with Crippen LogP contribution in [0.4, 0.5) is 5.82 Å². The highest BCUT2D eigenvalue weighted by atomic mass is 16.4. The summed E-state index contributed by atoms with van der Waals surface area (Å²) in [7, 11) is 0. The molecule has 0 saturated carbocycles. The number of carboxylic acid groups (broad SMARTS) is 1. The molecule has 1 fully saturated rings. The number of carboxylic acids is 1. The number of aromatic nitrogens is 4. The van der Waals surface area contributed by atoms with E-state index < -0.39 is 5.97 Å². The second-order valence-electron chi connectivity index (χ2n) is 8.74. The van der Waals surface area contributed by atoms with E-state index in [4.69, 9.17) is 10.7 Å². The average Bonchev–Trinajstić information content (AvgIpc) is 3.28. The fraction of sp³-hybridized carbons (Fsp3) is 0.280. The molecule has 2 aromatic carbocycles. The molecule has 5 rings (SSSR count). The molecule has 5 N–H and O–H groups in total. The van der Waals surface area contributed by atoms with Crippen molar-refractivity contribution in [3.8, 4) is 22.8 Å². The molecule has 0 amide bonds. The van der Waals surface area contributed by atoms with Crippen molar-refractivity contribution in [2.24, 2.45) is 5.92 Å². The normalized spacial score (nSPS) is 16.7. The second-order valence-corrected chi connectivity index (χ2v) is 8.74. The van der Waals surface area contributed by atoms with Crippen LogP contribution >= 0.6 is 0 Å². The summed E-state index contributed by atoms with van der Waals surface area (Å²) >= 11 is 0. The molecule has 0 spiro atoms. The highest BCUT2D eigenvalue weighted by molar-refractivity contribution is 5.93. The minimum absolute atomic E-state index is 0.173. The Kier molecular flexibility index (Phi) is 5.95. The molecule has 3 heterocycles. The molecule has 174 valence electrons. The van der Waals surface area contributed by atoms with E-state index in [9.17, 15) is 15.0 Å². The summed E-state index contributed by atoms with van der Waals surface area (Å²) in [5, 5.41) is 18.7. The summed E-state index contributed by atoms with van der Waals surface area (Å²) in [6.45, 7) is 2.99. The molecule has 0 bridgehead atoms. The fourth-order valence-electron chi connectivity index (χ4n) is 4.50. The molecular weight excluding hydrogens is 432 g/mol. The van der Waals surface area contributed by atoms with Gasteiger partial charge in [0.25, 0.3) is 0 Å². The lowest BCUT2D eigenvalue weighted by Crippen LogP contribution is -2.36. The van der Waals surface area contributed by atoms with Crippen LogP contribution in [-0.2, 0) is 6.54 Å². The van der Waals surface area contributed by atoms with E-state index in [0.29, 0.717) is 34.2 Å². The van der Waals surface area contributed by atoms with Crippen molar-refractivity contribution in [1.82, 2.24) is 24.8 Å². The first-order valence-corrected chi connectivity index (χ1v) is 11.3. The Morgan fingerprint density at radius 3 is 2.91 bits per heavy atom. The van der Waals surface area contributed by atoms with Gasteiger partial charge in [0.15, 0.2) is 11.6 Å². The molecule has 2 aromatic heterocycles. The van der Waals surface area contributed by atoms with Crippen molar-refractivity contribution in [1.29, 1.82) is 0 Å². The molecule has 1 saturated heterocycles. The number of benzene rings is 2. The Morgan fingerprint density at radius 1 is 1.21 bits per heavy atom. The number of rotatable bonds is 6. The van der Waals surface area contributed by atoms with Crippen LogP contribution in [0.5, 0.6) is 0 Å². The van der Waals surface area contributed by atoms with Crippen molar-refractivity contribution in [2.75, 3.05) is 25.4 Å². The predicted molar refractivity (Wildman–Crippen MR) is 129 cm³/mol. The molecule has 1 atom stereocenters. The number of likely N-dealkylation sites (tertiary alicyclic amines) is 1. The third-order valence-corrected chi connectivity index (χ3v) is 6.24. The minimum atomic E-state index is -1.00. The van der Waals surface area contributed by atoms with Crippen molar-refractivity contribution in [2.45, 2.75) is 19.4 Å². The summed E-state index contributed by atoms with van der Waals surface area (Å²) in [5.41, 5.74) is 10.7. The third-order valence-electron chi connectivity index (χ3n) is 6.24. The first-order valence-electron chi connectivity index (χ1n) is 11.3. The van der Waals surface area contributed by atoms with E-state index in [1.807, 2.05) is 12.1 Å². The number of imidazole rings is 1. The molecular formula is C25H26N6O3. The fourth-order valence-corrected chi connectivity index (χ4v) is 4.50. The lowest BCUT2D eigenvalue weighted by molar-refractivity contribution is 0.0697. The van der Waals surface area contributed by atoms with Crippen molar-refractivity contribution in [3.05, 3.63) is 59.8 Å². The average molecular weight is 459 g/mol. The number of nitrogens with one attached hydrogen (secondary N) is 1. The van der Waals surface area contributed by atoms with Gasteiger partial charge in [-0.15, -0.1) is 0 Å². The van der Waals surface area contributed by atoms with Gasteiger partial charge in [-0.05, 0) is 55.1 Å². The van der Waals surface area contributed by atoms with Gasteiger partial charge in [-0.1, -0.05) is 18.2 Å². The highest BCUT2D eigenvalue weighted by Crippen LogP contribution is 2.27. The van der Waals surface area contributed by atoms with E-state index in [1.165, 1.54) is 17.7 Å². The van der Waals surface area contributed by atoms with Crippen LogP contribution in [0.15, 0.2) is 48.7 Å². The number of hydrogen-bond acceptors (Lipinski definition) is 7. The van der Waals surface area contributed by atoms with Gasteiger partial charge in [0.1, 0.15) is 5.69 Å². The number of anilines is 1. The topological polar surface area (TPSA) is 141 Å². The maximum Gasteiger partial charge on any atom is 0.335 e. The molecule has 1 aliphatic heterocycles. The first-order chi connectivity index (χ1) is 16.5. The van der Waals surface area contributed by atoms with Crippen molar-refractivity contribution < 1.29 is 15.0 Å². The van der Waals surface area contributed by atoms with Crippen LogP contribution in [-0.4, -0.2) is 60.7 Å². The zero-order valence-corrected chi connectivity index (χ0v) is 18.6. The summed E-state index contributed by atoms with van der Waals surface area (Å²) < 4.78 is 0. The number of fused-ring (bicyclic) bond motifs is 1. The highest BCUT2D eigenvalue weighted by Gasteiger charge is 2.19. The smallest absolute Gasteiger partial charge is 0.335 e. The van der Waals surface area contributed by atoms with Gasteiger partial charge in [-0.2, -0.15) is 0 Å². The summed E-state index contributed by atoms with van der Waals surface area (Å²) in [5.74, 6) is 0.0122. The predicted octanol–water partition coefficient (Wildman–Crippen LogP) is 3.17. The number of nitrogens with zero attached hydrogens (tertiary/aromatic N) is 4. The van der Waals surface area contributed by atoms with Gasteiger partial charge in [0.05, 0.1) is 28.5 Å². The van der Waals surface area contributed by atoms with Crippen molar-refractivity contribution >= 4 is 22.8 Å². The molecule has 34 heavy (non-hydrogen) atoms. The van der Waals surface area contributed by atoms with Crippen LogP contribution < -0.4 is 5.73 Å². The number of hydrogen-bond donors (Lipinski definition) is 4. The molecule has 4 aromatic rings. The third kappa shape index (κ3) is 4.48. The first kappa shape index (κ1) is 22.0. The van der Waals surface area contributed by atoms with Crippen LogP contribution in [0.2, 0.25) is 0 Å². The van der Waals surface area contributed by atoms with Gasteiger partial charge < -0.3 is 20.9 Å².